The van der Waals surface area contributed by atoms with Gasteiger partial charge in [-0.05, 0) is 23.7 Å². The minimum Gasteiger partial charge on any atom is -0.446 e. The molecule has 0 N–H and O–H groups in total. The summed E-state index contributed by atoms with van der Waals surface area (Å²) in [4.78, 5) is 21.3. The average molecular weight is 311 g/mol. The van der Waals surface area contributed by atoms with Crippen molar-refractivity contribution < 1.29 is 14.3 Å². The van der Waals surface area contributed by atoms with E-state index in [9.17, 15) is 9.59 Å². The molecule has 0 saturated heterocycles. The molecule has 0 aliphatic rings. The van der Waals surface area contributed by atoms with E-state index in [1.807, 2.05) is 12.1 Å². The summed E-state index contributed by atoms with van der Waals surface area (Å²) in [5.41, 5.74) is 1.06. The van der Waals surface area contributed by atoms with Crippen LogP contribution in [-0.4, -0.2) is 17.3 Å². The Kier molecular flexibility index (Phi) is 7.40. The second-order valence-electron chi connectivity index (χ2n) is 3.55. The molecular weight excluding hydrogens is 299 g/mol. The van der Waals surface area contributed by atoms with Gasteiger partial charge in [0.05, 0.1) is 5.56 Å². The fourth-order valence-electron chi connectivity index (χ4n) is 1.28. The Balaban J connectivity index is 0.000000204. The van der Waals surface area contributed by atoms with Gasteiger partial charge >= 0.3 is 5.97 Å². The van der Waals surface area contributed by atoms with Crippen molar-refractivity contribution in [2.75, 3.05) is 6.07 Å². The minimum absolute atomic E-state index is 0.103. The third-order valence-corrected chi connectivity index (χ3v) is 2.52. The number of benzene rings is 2. The molecule has 2 rings (SSSR count). The first-order valence-electron chi connectivity index (χ1n) is 5.68. The third-order valence-electron chi connectivity index (χ3n) is 2.20. The van der Waals surface area contributed by atoms with E-state index in [2.05, 4.69) is 4.74 Å². The molecule has 0 fully saturated rings. The van der Waals surface area contributed by atoms with Crippen LogP contribution in [0.15, 0.2) is 60.7 Å². The van der Waals surface area contributed by atoms with E-state index in [1.54, 1.807) is 48.5 Å². The summed E-state index contributed by atoms with van der Waals surface area (Å²) in [6.07, 6.45) is 0. The van der Waals surface area contributed by atoms with Crippen LogP contribution in [0.4, 0.5) is 0 Å². The number of hydrogen-bond acceptors (Lipinski definition) is 3. The van der Waals surface area contributed by atoms with E-state index in [4.69, 9.17) is 23.2 Å². The molecule has 0 aromatic heterocycles. The van der Waals surface area contributed by atoms with Gasteiger partial charge in [-0.25, -0.2) is 4.79 Å². The summed E-state index contributed by atoms with van der Waals surface area (Å²) in [5.74, 6) is -0.388. The number of carbonyl (C=O) groups excluding carboxylic acids is 2. The lowest BCUT2D eigenvalue weighted by atomic mass is 10.2. The number of rotatable bonds is 3. The largest absolute Gasteiger partial charge is 0.446 e. The Bertz CT molecular complexity index is 542. The van der Waals surface area contributed by atoms with E-state index in [-0.39, 0.29) is 12.0 Å². The highest BCUT2D eigenvalue weighted by Gasteiger charge is 2.03. The van der Waals surface area contributed by atoms with Gasteiger partial charge < -0.3 is 4.74 Å². The number of hydrogen-bond donors (Lipinski definition) is 0. The van der Waals surface area contributed by atoms with Crippen LogP contribution >= 0.6 is 23.2 Å². The molecule has 0 amide bonds. The summed E-state index contributed by atoms with van der Waals surface area (Å²) in [5, 5.41) is -0.407. The third kappa shape index (κ3) is 5.87. The van der Waals surface area contributed by atoms with E-state index >= 15 is 0 Å². The van der Waals surface area contributed by atoms with Crippen LogP contribution in [0.2, 0.25) is 0 Å². The van der Waals surface area contributed by atoms with Crippen LogP contribution in [-0.2, 0) is 4.74 Å². The molecule has 0 aliphatic heterocycles. The zero-order chi connectivity index (χ0) is 14.8. The molecular formula is C15H12Cl2O3. The molecule has 3 nitrogen and oxygen atoms in total. The zero-order valence-electron chi connectivity index (χ0n) is 10.5. The monoisotopic (exact) mass is 310 g/mol. The van der Waals surface area contributed by atoms with Gasteiger partial charge in [0.1, 0.15) is 0 Å². The quantitative estimate of drug-likeness (QED) is 0.487. The normalized spacial score (nSPS) is 9.10. The molecule has 104 valence electrons. The molecule has 0 atom stereocenters. The van der Waals surface area contributed by atoms with Crippen LogP contribution in [0.3, 0.4) is 0 Å². The minimum atomic E-state index is -0.407. The van der Waals surface area contributed by atoms with Gasteiger partial charge in [-0.1, -0.05) is 60.1 Å². The molecule has 0 heterocycles. The van der Waals surface area contributed by atoms with Crippen LogP contribution in [0.25, 0.3) is 0 Å². The first kappa shape index (κ1) is 16.2. The standard InChI is InChI=1S/C8H7ClO2.C7H5ClO/c9-6-11-8(10)7-4-2-1-3-5-7;8-7(9)6-4-2-1-3-5-6/h1-5H,6H2;1-5H. The SMILES string of the molecule is O=C(Cl)c1ccccc1.O=C(OCCl)c1ccccc1. The summed E-state index contributed by atoms with van der Waals surface area (Å²) < 4.78 is 4.55. The van der Waals surface area contributed by atoms with Gasteiger partial charge in [-0.15, -0.1) is 0 Å². The average Bonchev–Trinajstić information content (AvgIpc) is 2.50. The van der Waals surface area contributed by atoms with Gasteiger partial charge in [-0.3, -0.25) is 4.79 Å². The van der Waals surface area contributed by atoms with Crippen molar-refractivity contribution in [1.29, 1.82) is 0 Å². The van der Waals surface area contributed by atoms with Crippen LogP contribution in [0, 0.1) is 0 Å². The van der Waals surface area contributed by atoms with Crippen molar-refractivity contribution >= 4 is 34.4 Å². The van der Waals surface area contributed by atoms with E-state index in [1.165, 1.54) is 0 Å². The number of esters is 1. The van der Waals surface area contributed by atoms with Gasteiger partial charge in [0.25, 0.3) is 5.24 Å². The maximum Gasteiger partial charge on any atom is 0.339 e. The molecule has 0 saturated carbocycles. The maximum absolute atomic E-state index is 10.9. The van der Waals surface area contributed by atoms with Crippen molar-refractivity contribution in [2.24, 2.45) is 0 Å². The molecule has 20 heavy (non-hydrogen) atoms. The Morgan fingerprint density at radius 3 is 1.65 bits per heavy atom. The van der Waals surface area contributed by atoms with E-state index < -0.39 is 5.24 Å². The summed E-state index contributed by atoms with van der Waals surface area (Å²) in [6.45, 7) is 0. The maximum atomic E-state index is 10.9. The lowest BCUT2D eigenvalue weighted by molar-refractivity contribution is 0.0574. The van der Waals surface area contributed by atoms with Crippen molar-refractivity contribution in [1.82, 2.24) is 0 Å². The Morgan fingerprint density at radius 1 is 0.850 bits per heavy atom. The zero-order valence-corrected chi connectivity index (χ0v) is 12.0. The molecule has 0 aliphatic carbocycles. The van der Waals surface area contributed by atoms with Crippen molar-refractivity contribution in [3.8, 4) is 0 Å². The van der Waals surface area contributed by atoms with Gasteiger partial charge in [0.2, 0.25) is 0 Å². The van der Waals surface area contributed by atoms with Gasteiger partial charge in [0, 0.05) is 5.56 Å². The van der Waals surface area contributed by atoms with Gasteiger partial charge in [0.15, 0.2) is 6.07 Å². The molecule has 0 unspecified atom stereocenters. The molecule has 0 radical (unpaired) electrons. The fourth-order valence-corrected chi connectivity index (χ4v) is 1.50. The van der Waals surface area contributed by atoms with E-state index in [0.29, 0.717) is 11.1 Å². The highest BCUT2D eigenvalue weighted by atomic mass is 35.5. The van der Waals surface area contributed by atoms with Crippen LogP contribution < -0.4 is 0 Å². The van der Waals surface area contributed by atoms with Crippen molar-refractivity contribution in [3.63, 3.8) is 0 Å². The number of halogens is 2. The van der Waals surface area contributed by atoms with E-state index in [0.717, 1.165) is 0 Å². The molecule has 2 aromatic carbocycles. The second kappa shape index (κ2) is 9.13. The molecule has 0 bridgehead atoms. The second-order valence-corrected chi connectivity index (χ2v) is 4.11. The number of ether oxygens (including phenoxy) is 1. The topological polar surface area (TPSA) is 43.4 Å². The first-order valence-corrected chi connectivity index (χ1v) is 6.59. The molecule has 2 aromatic rings. The highest BCUT2D eigenvalue weighted by Crippen LogP contribution is 2.01. The Hall–Kier alpha value is -1.84. The number of carbonyl (C=O) groups is 2. The summed E-state index contributed by atoms with van der Waals surface area (Å²) in [6, 6.07) is 17.4. The predicted octanol–water partition coefficient (Wildman–Crippen LogP) is 4.11. The summed E-state index contributed by atoms with van der Waals surface area (Å²) in [7, 11) is 0. The number of alkyl halides is 1. The predicted molar refractivity (Wildman–Crippen MR) is 79.2 cm³/mol. The summed E-state index contributed by atoms with van der Waals surface area (Å²) >= 11 is 10.4. The van der Waals surface area contributed by atoms with Crippen molar-refractivity contribution in [2.45, 2.75) is 0 Å². The lowest BCUT2D eigenvalue weighted by Gasteiger charge is -1.98. The first-order chi connectivity index (χ1) is 9.65. The fraction of sp³-hybridized carbons (Fsp3) is 0.0667. The van der Waals surface area contributed by atoms with Crippen LogP contribution in [0.5, 0.6) is 0 Å². The Morgan fingerprint density at radius 2 is 1.30 bits per heavy atom. The smallest absolute Gasteiger partial charge is 0.339 e. The molecule has 5 heteroatoms. The highest BCUT2D eigenvalue weighted by molar-refractivity contribution is 6.67. The van der Waals surface area contributed by atoms with Crippen LogP contribution in [0.1, 0.15) is 20.7 Å². The Labute approximate surface area is 127 Å². The van der Waals surface area contributed by atoms with Gasteiger partial charge in [-0.2, -0.15) is 0 Å². The molecule has 0 spiro atoms. The lowest BCUT2D eigenvalue weighted by Crippen LogP contribution is -2.02. The van der Waals surface area contributed by atoms with Crippen molar-refractivity contribution in [3.05, 3.63) is 71.8 Å².